The van der Waals surface area contributed by atoms with E-state index in [1.54, 1.807) is 14.2 Å². The monoisotopic (exact) mass is 386 g/mol. The van der Waals surface area contributed by atoms with Crippen LogP contribution >= 0.6 is 0 Å². The Labute approximate surface area is 166 Å². The third-order valence-electron chi connectivity index (χ3n) is 6.38. The summed E-state index contributed by atoms with van der Waals surface area (Å²) in [4.78, 5) is 30.1. The molecule has 2 aliphatic heterocycles. The highest BCUT2D eigenvalue weighted by molar-refractivity contribution is 5.85. The van der Waals surface area contributed by atoms with Crippen molar-refractivity contribution in [1.82, 2.24) is 9.80 Å². The maximum absolute atomic E-state index is 13.4. The number of methoxy groups -OCH3 is 2. The number of carbonyl (C=O) groups excluding carboxylic acids is 2. The normalized spacial score (nSPS) is 24.9. The van der Waals surface area contributed by atoms with Crippen molar-refractivity contribution in [3.63, 3.8) is 0 Å². The van der Waals surface area contributed by atoms with E-state index < -0.39 is 0 Å². The van der Waals surface area contributed by atoms with Crippen molar-refractivity contribution in [2.75, 3.05) is 40.4 Å². The average Bonchev–Trinajstić information content (AvgIpc) is 3.51. The van der Waals surface area contributed by atoms with E-state index in [4.69, 9.17) is 9.47 Å². The van der Waals surface area contributed by atoms with Gasteiger partial charge in [-0.15, -0.1) is 0 Å². The molecular weight excluding hydrogens is 356 g/mol. The number of hydrogen-bond acceptors (Lipinski definition) is 4. The van der Waals surface area contributed by atoms with Crippen molar-refractivity contribution in [3.8, 4) is 11.5 Å². The topological polar surface area (TPSA) is 59.1 Å². The molecule has 0 bridgehead atoms. The quantitative estimate of drug-likeness (QED) is 0.781. The van der Waals surface area contributed by atoms with Gasteiger partial charge in [0, 0.05) is 43.6 Å². The third-order valence-corrected chi connectivity index (χ3v) is 6.38. The summed E-state index contributed by atoms with van der Waals surface area (Å²) in [5.74, 6) is 1.76. The lowest BCUT2D eigenvalue weighted by Crippen LogP contribution is -2.42. The fourth-order valence-corrected chi connectivity index (χ4v) is 4.62. The van der Waals surface area contributed by atoms with Gasteiger partial charge in [0.25, 0.3) is 0 Å². The Balaban J connectivity index is 1.65. The lowest BCUT2D eigenvalue weighted by molar-refractivity contribution is -0.137. The van der Waals surface area contributed by atoms with Crippen LogP contribution in [0.15, 0.2) is 18.2 Å². The van der Waals surface area contributed by atoms with Gasteiger partial charge in [-0.3, -0.25) is 9.59 Å². The number of rotatable bonds is 5. The standard InChI is InChI=1S/C22H30N2O4/c1-27-16-8-9-20(28-2)17(12-16)18-13-24(21(25)15-6-7-15)14-19(18)22(26)23-10-4-3-5-11-23/h8-9,12,15,18-19H,3-7,10-11,13-14H2,1-2H3/t18-,19-/m1/s1. The summed E-state index contributed by atoms with van der Waals surface area (Å²) in [5, 5.41) is 0. The van der Waals surface area contributed by atoms with Crippen LogP contribution in [0.1, 0.15) is 43.6 Å². The third kappa shape index (κ3) is 3.69. The predicted molar refractivity (Wildman–Crippen MR) is 106 cm³/mol. The van der Waals surface area contributed by atoms with Gasteiger partial charge in [-0.25, -0.2) is 0 Å². The smallest absolute Gasteiger partial charge is 0.228 e. The second-order valence-corrected chi connectivity index (χ2v) is 8.22. The Morgan fingerprint density at radius 1 is 0.929 bits per heavy atom. The largest absolute Gasteiger partial charge is 0.497 e. The molecule has 3 fully saturated rings. The minimum atomic E-state index is -0.221. The Morgan fingerprint density at radius 3 is 2.32 bits per heavy atom. The van der Waals surface area contributed by atoms with Gasteiger partial charge in [-0.1, -0.05) is 0 Å². The minimum absolute atomic E-state index is 0.0674. The van der Waals surface area contributed by atoms with Crippen LogP contribution in [0.5, 0.6) is 11.5 Å². The van der Waals surface area contributed by atoms with E-state index in [0.29, 0.717) is 13.1 Å². The van der Waals surface area contributed by atoms with Crippen molar-refractivity contribution in [2.45, 2.75) is 38.0 Å². The fraction of sp³-hybridized carbons (Fsp3) is 0.636. The second kappa shape index (κ2) is 8.02. The molecule has 152 valence electrons. The summed E-state index contributed by atoms with van der Waals surface area (Å²) in [6, 6.07) is 5.72. The number of hydrogen-bond donors (Lipinski definition) is 0. The Bertz CT molecular complexity index is 740. The molecule has 3 aliphatic rings. The molecule has 28 heavy (non-hydrogen) atoms. The first-order valence-corrected chi connectivity index (χ1v) is 10.4. The van der Waals surface area contributed by atoms with E-state index in [9.17, 15) is 9.59 Å². The van der Waals surface area contributed by atoms with Gasteiger partial charge in [0.15, 0.2) is 0 Å². The number of amides is 2. The molecule has 1 aromatic carbocycles. The van der Waals surface area contributed by atoms with Gasteiger partial charge in [0.2, 0.25) is 11.8 Å². The Morgan fingerprint density at radius 2 is 1.68 bits per heavy atom. The molecule has 2 atom stereocenters. The minimum Gasteiger partial charge on any atom is -0.497 e. The van der Waals surface area contributed by atoms with Crippen molar-refractivity contribution in [2.24, 2.45) is 11.8 Å². The zero-order chi connectivity index (χ0) is 19.7. The van der Waals surface area contributed by atoms with Crippen LogP contribution in [0.25, 0.3) is 0 Å². The molecule has 2 heterocycles. The van der Waals surface area contributed by atoms with Gasteiger partial charge in [-0.2, -0.15) is 0 Å². The van der Waals surface area contributed by atoms with Crippen LogP contribution < -0.4 is 9.47 Å². The maximum atomic E-state index is 13.4. The summed E-state index contributed by atoms with van der Waals surface area (Å²) in [5.41, 5.74) is 0.961. The number of piperidine rings is 1. The van der Waals surface area contributed by atoms with E-state index in [0.717, 1.165) is 55.8 Å². The molecule has 2 saturated heterocycles. The zero-order valence-corrected chi connectivity index (χ0v) is 16.9. The molecule has 6 nitrogen and oxygen atoms in total. The SMILES string of the molecule is COc1ccc(OC)c([C@H]2CN(C(=O)C3CC3)C[C@H]2C(=O)N2CCCCC2)c1. The molecule has 0 aromatic heterocycles. The number of carbonyl (C=O) groups is 2. The summed E-state index contributed by atoms with van der Waals surface area (Å²) in [6.45, 7) is 2.74. The van der Waals surface area contributed by atoms with Gasteiger partial charge in [0.05, 0.1) is 20.1 Å². The molecule has 0 spiro atoms. The molecular formula is C22H30N2O4. The van der Waals surface area contributed by atoms with Crippen LogP contribution in [0.2, 0.25) is 0 Å². The van der Waals surface area contributed by atoms with Gasteiger partial charge in [0.1, 0.15) is 11.5 Å². The maximum Gasteiger partial charge on any atom is 0.228 e. The summed E-state index contributed by atoms with van der Waals surface area (Å²) < 4.78 is 11.0. The van der Waals surface area contributed by atoms with E-state index >= 15 is 0 Å². The molecule has 1 saturated carbocycles. The van der Waals surface area contributed by atoms with Crippen molar-refractivity contribution in [3.05, 3.63) is 23.8 Å². The summed E-state index contributed by atoms with van der Waals surface area (Å²) in [7, 11) is 3.29. The highest BCUT2D eigenvalue weighted by atomic mass is 16.5. The first-order valence-electron chi connectivity index (χ1n) is 10.4. The van der Waals surface area contributed by atoms with Gasteiger partial charge < -0.3 is 19.3 Å². The molecule has 4 rings (SSSR count). The zero-order valence-electron chi connectivity index (χ0n) is 16.9. The van der Waals surface area contributed by atoms with Crippen LogP contribution in [-0.2, 0) is 9.59 Å². The summed E-state index contributed by atoms with van der Waals surface area (Å²) in [6.07, 6.45) is 5.28. The van der Waals surface area contributed by atoms with Crippen LogP contribution in [0.3, 0.4) is 0 Å². The number of benzene rings is 1. The number of likely N-dealkylation sites (tertiary alicyclic amines) is 2. The summed E-state index contributed by atoms with van der Waals surface area (Å²) >= 11 is 0. The van der Waals surface area contributed by atoms with E-state index in [-0.39, 0.29) is 29.6 Å². The molecule has 0 N–H and O–H groups in total. The van der Waals surface area contributed by atoms with E-state index in [1.807, 2.05) is 28.0 Å². The molecule has 6 heteroatoms. The second-order valence-electron chi connectivity index (χ2n) is 8.22. The lowest BCUT2D eigenvalue weighted by atomic mass is 9.86. The van der Waals surface area contributed by atoms with Crippen molar-refractivity contribution in [1.29, 1.82) is 0 Å². The van der Waals surface area contributed by atoms with E-state index in [2.05, 4.69) is 0 Å². The molecule has 1 aliphatic carbocycles. The van der Waals surface area contributed by atoms with Gasteiger partial charge in [-0.05, 0) is 50.3 Å². The number of ether oxygens (including phenoxy) is 2. The van der Waals surface area contributed by atoms with Crippen molar-refractivity contribution >= 4 is 11.8 Å². The predicted octanol–water partition coefficient (Wildman–Crippen LogP) is 2.67. The Hall–Kier alpha value is -2.24. The van der Waals surface area contributed by atoms with Crippen LogP contribution in [0.4, 0.5) is 0 Å². The first-order chi connectivity index (χ1) is 13.6. The number of nitrogens with zero attached hydrogens (tertiary/aromatic N) is 2. The van der Waals surface area contributed by atoms with Crippen molar-refractivity contribution < 1.29 is 19.1 Å². The molecule has 0 unspecified atom stereocenters. The van der Waals surface area contributed by atoms with Gasteiger partial charge >= 0.3 is 0 Å². The Kier molecular flexibility index (Phi) is 5.47. The fourth-order valence-electron chi connectivity index (χ4n) is 4.62. The molecule has 0 radical (unpaired) electrons. The highest BCUT2D eigenvalue weighted by Crippen LogP contribution is 2.42. The molecule has 2 amide bonds. The average molecular weight is 386 g/mol. The van der Waals surface area contributed by atoms with Crippen LogP contribution in [-0.4, -0.2) is 62.0 Å². The van der Waals surface area contributed by atoms with E-state index in [1.165, 1.54) is 6.42 Å². The molecule has 1 aromatic rings. The lowest BCUT2D eigenvalue weighted by Gasteiger charge is -2.31. The first kappa shape index (κ1) is 19.1. The highest BCUT2D eigenvalue weighted by Gasteiger charge is 2.45. The van der Waals surface area contributed by atoms with Crippen LogP contribution in [0, 0.1) is 11.8 Å².